The van der Waals surface area contributed by atoms with Gasteiger partial charge in [-0.15, -0.1) is 0 Å². The van der Waals surface area contributed by atoms with Crippen LogP contribution in [0.3, 0.4) is 0 Å². The highest BCUT2D eigenvalue weighted by Gasteiger charge is 2.19. The summed E-state index contributed by atoms with van der Waals surface area (Å²) in [6.45, 7) is 6.42. The summed E-state index contributed by atoms with van der Waals surface area (Å²) in [6, 6.07) is 0. The maximum atomic E-state index is 12.7. The highest BCUT2D eigenvalue weighted by atomic mass is 16.6. The molecule has 0 aliphatic carbocycles. The van der Waals surface area contributed by atoms with E-state index in [1.807, 2.05) is 0 Å². The van der Waals surface area contributed by atoms with Crippen LogP contribution in [0.4, 0.5) is 0 Å². The fourth-order valence-corrected chi connectivity index (χ4v) is 7.16. The Morgan fingerprint density at radius 1 is 0.313 bits per heavy atom. The normalized spacial score (nSPS) is 12.9. The molecule has 6 nitrogen and oxygen atoms in total. The van der Waals surface area contributed by atoms with E-state index in [1.165, 1.54) is 64.2 Å². The fraction of sp³-hybridized carbons (Fsp3) is 0.656. The zero-order chi connectivity index (χ0) is 48.6. The predicted molar refractivity (Wildman–Crippen MR) is 288 cm³/mol. The summed E-state index contributed by atoms with van der Waals surface area (Å²) in [7, 11) is 0. The summed E-state index contributed by atoms with van der Waals surface area (Å²) in [6.07, 6.45) is 73.8. The van der Waals surface area contributed by atoms with Crippen LogP contribution in [-0.2, 0) is 28.6 Å². The first-order valence-electron chi connectivity index (χ1n) is 27.4. The molecular formula is C61H100O6. The van der Waals surface area contributed by atoms with Crippen molar-refractivity contribution in [3.05, 3.63) is 109 Å². The number of unbranched alkanes of at least 4 members (excludes halogenated alkanes) is 19. The van der Waals surface area contributed by atoms with E-state index in [2.05, 4.69) is 130 Å². The molecule has 380 valence electrons. The van der Waals surface area contributed by atoms with Crippen molar-refractivity contribution in [1.29, 1.82) is 0 Å². The van der Waals surface area contributed by atoms with Crippen LogP contribution in [0.2, 0.25) is 0 Å². The second kappa shape index (κ2) is 54.7. The van der Waals surface area contributed by atoms with E-state index in [0.29, 0.717) is 19.3 Å². The van der Waals surface area contributed by atoms with Crippen LogP contribution in [0, 0.1) is 0 Å². The second-order valence-corrected chi connectivity index (χ2v) is 17.8. The van der Waals surface area contributed by atoms with Gasteiger partial charge in [0.1, 0.15) is 13.2 Å². The van der Waals surface area contributed by atoms with Crippen molar-refractivity contribution in [2.75, 3.05) is 13.2 Å². The monoisotopic (exact) mass is 929 g/mol. The quantitative estimate of drug-likeness (QED) is 0.0262. The average molecular weight is 929 g/mol. The molecule has 1 atom stereocenters. The summed E-state index contributed by atoms with van der Waals surface area (Å²) in [5.41, 5.74) is 0. The zero-order valence-electron chi connectivity index (χ0n) is 43.4. The number of hydrogen-bond donors (Lipinski definition) is 0. The SMILES string of the molecule is CC/C=C\C/C=C\C/C=C\C/C=C\C/C=C\C/C=C\C/C=C\C/C=C\CCCCCCC(=O)OCC(COC(=O)CCCCCCCCC)OC(=O)CCCCCCC/C=C\CCCCCC. The van der Waals surface area contributed by atoms with E-state index in [1.54, 1.807) is 0 Å². The van der Waals surface area contributed by atoms with Gasteiger partial charge in [0.2, 0.25) is 0 Å². The molecule has 0 saturated heterocycles. The summed E-state index contributed by atoms with van der Waals surface area (Å²) in [5.74, 6) is -0.936. The van der Waals surface area contributed by atoms with Crippen molar-refractivity contribution in [3.8, 4) is 0 Å². The zero-order valence-corrected chi connectivity index (χ0v) is 43.4. The molecule has 0 fully saturated rings. The minimum Gasteiger partial charge on any atom is -0.462 e. The molecule has 0 rings (SSSR count). The molecule has 0 aliphatic rings. The molecule has 0 N–H and O–H groups in total. The van der Waals surface area contributed by atoms with Crippen LogP contribution in [0.5, 0.6) is 0 Å². The maximum absolute atomic E-state index is 12.7. The van der Waals surface area contributed by atoms with E-state index in [-0.39, 0.29) is 31.1 Å². The van der Waals surface area contributed by atoms with Crippen LogP contribution >= 0.6 is 0 Å². The van der Waals surface area contributed by atoms with Gasteiger partial charge >= 0.3 is 17.9 Å². The Bertz CT molecular complexity index is 1390. The van der Waals surface area contributed by atoms with Crippen molar-refractivity contribution in [1.82, 2.24) is 0 Å². The molecule has 67 heavy (non-hydrogen) atoms. The van der Waals surface area contributed by atoms with Gasteiger partial charge in [0.15, 0.2) is 6.10 Å². The Labute approximate surface area is 412 Å². The maximum Gasteiger partial charge on any atom is 0.306 e. The van der Waals surface area contributed by atoms with Gasteiger partial charge in [-0.1, -0.05) is 220 Å². The van der Waals surface area contributed by atoms with E-state index < -0.39 is 6.10 Å². The second-order valence-electron chi connectivity index (χ2n) is 17.8. The number of rotatable bonds is 48. The molecule has 0 aliphatic heterocycles. The Kier molecular flexibility index (Phi) is 51.5. The molecule has 6 heteroatoms. The van der Waals surface area contributed by atoms with Crippen LogP contribution in [0.1, 0.15) is 239 Å². The van der Waals surface area contributed by atoms with Crippen molar-refractivity contribution in [3.63, 3.8) is 0 Å². The van der Waals surface area contributed by atoms with Crippen molar-refractivity contribution >= 4 is 17.9 Å². The van der Waals surface area contributed by atoms with Gasteiger partial charge in [0, 0.05) is 19.3 Å². The third-order valence-corrected chi connectivity index (χ3v) is 11.3. The van der Waals surface area contributed by atoms with Crippen molar-refractivity contribution in [2.24, 2.45) is 0 Å². The number of esters is 3. The first-order valence-corrected chi connectivity index (χ1v) is 27.4. The van der Waals surface area contributed by atoms with E-state index in [4.69, 9.17) is 14.2 Å². The van der Waals surface area contributed by atoms with E-state index in [9.17, 15) is 14.4 Å². The third kappa shape index (κ3) is 52.9. The largest absolute Gasteiger partial charge is 0.462 e. The smallest absolute Gasteiger partial charge is 0.306 e. The summed E-state index contributed by atoms with van der Waals surface area (Å²) >= 11 is 0. The number of carbonyl (C=O) groups is 3. The number of hydrogen-bond acceptors (Lipinski definition) is 6. The lowest BCUT2D eigenvalue weighted by Crippen LogP contribution is -2.30. The molecule has 0 aromatic heterocycles. The lowest BCUT2D eigenvalue weighted by atomic mass is 10.1. The highest BCUT2D eigenvalue weighted by molar-refractivity contribution is 5.71. The first-order chi connectivity index (χ1) is 33.0. The molecule has 1 unspecified atom stereocenters. The lowest BCUT2D eigenvalue weighted by molar-refractivity contribution is -0.167. The molecular weight excluding hydrogens is 829 g/mol. The Balaban J connectivity index is 4.24. The van der Waals surface area contributed by atoms with Crippen molar-refractivity contribution in [2.45, 2.75) is 245 Å². The fourth-order valence-electron chi connectivity index (χ4n) is 7.16. The van der Waals surface area contributed by atoms with Crippen LogP contribution < -0.4 is 0 Å². The highest BCUT2D eigenvalue weighted by Crippen LogP contribution is 2.13. The van der Waals surface area contributed by atoms with Crippen LogP contribution in [-0.4, -0.2) is 37.2 Å². The van der Waals surface area contributed by atoms with Gasteiger partial charge in [-0.2, -0.15) is 0 Å². The summed E-state index contributed by atoms with van der Waals surface area (Å²) in [4.78, 5) is 37.8. The standard InChI is InChI=1S/C61H100O6/c1-4-7-10-13-16-18-20-22-23-24-25-26-27-28-29-30-31-32-33-34-35-36-37-39-40-42-45-48-51-54-60(63)66-57-58(56-65-59(62)53-50-47-44-15-12-9-6-3)67-61(64)55-52-49-46-43-41-38-21-19-17-14-11-8-5-2/h7,10,16,18-19,21-23,25-26,28-29,31-32,34-35,37,39,58H,4-6,8-9,11-15,17,20,24,27,30,33,36,38,40-57H2,1-3H3/b10-7-,18-16-,21-19-,23-22-,26-25-,29-28-,32-31-,35-34-,39-37-. The number of ether oxygens (including phenoxy) is 3. The lowest BCUT2D eigenvalue weighted by Gasteiger charge is -2.18. The van der Waals surface area contributed by atoms with Gasteiger partial charge in [0.25, 0.3) is 0 Å². The van der Waals surface area contributed by atoms with E-state index >= 15 is 0 Å². The van der Waals surface area contributed by atoms with Gasteiger partial charge in [-0.25, -0.2) is 0 Å². The molecule has 0 aromatic rings. The molecule has 0 amide bonds. The third-order valence-electron chi connectivity index (χ3n) is 11.3. The molecule has 0 bridgehead atoms. The topological polar surface area (TPSA) is 78.9 Å². The Morgan fingerprint density at radius 3 is 0.940 bits per heavy atom. The number of allylic oxidation sites excluding steroid dienone is 18. The minimum absolute atomic E-state index is 0.0900. The first kappa shape index (κ1) is 63.1. The number of carbonyl (C=O) groups excluding carboxylic acids is 3. The van der Waals surface area contributed by atoms with Crippen molar-refractivity contribution < 1.29 is 28.6 Å². The predicted octanol–water partition coefficient (Wildman–Crippen LogP) is 18.3. The molecule has 0 heterocycles. The average Bonchev–Trinajstić information content (AvgIpc) is 3.33. The van der Waals surface area contributed by atoms with Gasteiger partial charge in [-0.3, -0.25) is 14.4 Å². The Morgan fingerprint density at radius 2 is 0.582 bits per heavy atom. The van der Waals surface area contributed by atoms with E-state index in [0.717, 1.165) is 135 Å². The molecule has 0 spiro atoms. The van der Waals surface area contributed by atoms with Gasteiger partial charge in [-0.05, 0) is 109 Å². The van der Waals surface area contributed by atoms with Crippen LogP contribution in [0.25, 0.3) is 0 Å². The Hall–Kier alpha value is -3.93. The van der Waals surface area contributed by atoms with Gasteiger partial charge < -0.3 is 14.2 Å². The molecule has 0 aromatic carbocycles. The van der Waals surface area contributed by atoms with Crippen LogP contribution in [0.15, 0.2) is 109 Å². The minimum atomic E-state index is -0.790. The molecule has 0 radical (unpaired) electrons. The van der Waals surface area contributed by atoms with Gasteiger partial charge in [0.05, 0.1) is 0 Å². The summed E-state index contributed by atoms with van der Waals surface area (Å²) in [5, 5.41) is 0. The molecule has 0 saturated carbocycles. The summed E-state index contributed by atoms with van der Waals surface area (Å²) < 4.78 is 16.7.